The molecule has 1 unspecified atom stereocenters. The van der Waals surface area contributed by atoms with Crippen LogP contribution in [-0.4, -0.2) is 35.0 Å². The van der Waals surface area contributed by atoms with E-state index in [0.29, 0.717) is 5.92 Å². The number of amides is 1. The lowest BCUT2D eigenvalue weighted by molar-refractivity contribution is -0.151. The van der Waals surface area contributed by atoms with Gasteiger partial charge in [0.25, 0.3) is 0 Å². The average molecular weight is 227 g/mol. The monoisotopic (exact) mass is 227 g/mol. The third-order valence-corrected chi connectivity index (χ3v) is 3.18. The summed E-state index contributed by atoms with van der Waals surface area (Å²) in [6, 6.07) is 0. The zero-order chi connectivity index (χ0) is 12.3. The predicted octanol–water partition coefficient (Wildman–Crippen LogP) is 1.75. The molecule has 1 saturated heterocycles. The molecule has 0 bridgehead atoms. The van der Waals surface area contributed by atoms with Crippen LogP contribution in [-0.2, 0) is 9.59 Å². The van der Waals surface area contributed by atoms with Gasteiger partial charge in [-0.15, -0.1) is 0 Å². The second-order valence-corrected chi connectivity index (χ2v) is 5.45. The Morgan fingerprint density at radius 1 is 1.44 bits per heavy atom. The molecule has 92 valence electrons. The van der Waals surface area contributed by atoms with Gasteiger partial charge >= 0.3 is 5.97 Å². The highest BCUT2D eigenvalue weighted by atomic mass is 16.4. The Bertz CT molecular complexity index is 286. The van der Waals surface area contributed by atoms with Crippen molar-refractivity contribution in [1.29, 1.82) is 0 Å². The van der Waals surface area contributed by atoms with E-state index in [-0.39, 0.29) is 12.3 Å². The Morgan fingerprint density at radius 2 is 2.06 bits per heavy atom. The van der Waals surface area contributed by atoms with Gasteiger partial charge in [0.2, 0.25) is 5.91 Å². The number of nitrogens with zero attached hydrogens (tertiary/aromatic N) is 1. The van der Waals surface area contributed by atoms with Gasteiger partial charge in [-0.25, -0.2) is 0 Å². The SMILES string of the molecule is CC1CCCN(C(=O)CC(C)(C)C(=O)O)C1. The zero-order valence-corrected chi connectivity index (χ0v) is 10.3. The van der Waals surface area contributed by atoms with Gasteiger partial charge in [0.15, 0.2) is 0 Å². The fourth-order valence-electron chi connectivity index (χ4n) is 1.98. The van der Waals surface area contributed by atoms with Gasteiger partial charge in [-0.05, 0) is 32.6 Å². The van der Waals surface area contributed by atoms with E-state index in [2.05, 4.69) is 6.92 Å². The Labute approximate surface area is 96.6 Å². The molecule has 1 heterocycles. The molecule has 1 aliphatic heterocycles. The molecule has 1 amide bonds. The van der Waals surface area contributed by atoms with Crippen molar-refractivity contribution in [3.63, 3.8) is 0 Å². The summed E-state index contributed by atoms with van der Waals surface area (Å²) in [7, 11) is 0. The minimum absolute atomic E-state index is 0.0287. The maximum Gasteiger partial charge on any atom is 0.309 e. The number of piperidine rings is 1. The van der Waals surface area contributed by atoms with Gasteiger partial charge in [-0.1, -0.05) is 6.92 Å². The highest BCUT2D eigenvalue weighted by molar-refractivity contribution is 5.84. The van der Waals surface area contributed by atoms with Crippen LogP contribution >= 0.6 is 0 Å². The number of likely N-dealkylation sites (tertiary alicyclic amines) is 1. The molecule has 0 aromatic rings. The summed E-state index contributed by atoms with van der Waals surface area (Å²) in [5, 5.41) is 8.97. The minimum atomic E-state index is -0.961. The lowest BCUT2D eigenvalue weighted by Crippen LogP contribution is -2.42. The van der Waals surface area contributed by atoms with Crippen molar-refractivity contribution in [2.75, 3.05) is 13.1 Å². The summed E-state index contributed by atoms with van der Waals surface area (Å²) in [5.74, 6) is -0.407. The molecule has 0 saturated carbocycles. The maximum atomic E-state index is 11.9. The van der Waals surface area contributed by atoms with Crippen LogP contribution in [0.3, 0.4) is 0 Å². The predicted molar refractivity (Wildman–Crippen MR) is 61.0 cm³/mol. The highest BCUT2D eigenvalue weighted by Gasteiger charge is 2.33. The van der Waals surface area contributed by atoms with Crippen LogP contribution in [0.4, 0.5) is 0 Å². The first-order valence-electron chi connectivity index (χ1n) is 5.84. The fraction of sp³-hybridized carbons (Fsp3) is 0.833. The van der Waals surface area contributed by atoms with Gasteiger partial charge in [-0.2, -0.15) is 0 Å². The molecule has 4 heteroatoms. The number of carboxylic acids is 1. The van der Waals surface area contributed by atoms with Gasteiger partial charge in [0.1, 0.15) is 0 Å². The van der Waals surface area contributed by atoms with Crippen molar-refractivity contribution in [3.05, 3.63) is 0 Å². The van der Waals surface area contributed by atoms with Crippen LogP contribution < -0.4 is 0 Å². The molecular formula is C12H21NO3. The van der Waals surface area contributed by atoms with Gasteiger partial charge in [0.05, 0.1) is 5.41 Å². The van der Waals surface area contributed by atoms with Crippen LogP contribution in [0, 0.1) is 11.3 Å². The zero-order valence-electron chi connectivity index (χ0n) is 10.3. The molecule has 1 fully saturated rings. The smallest absolute Gasteiger partial charge is 0.309 e. The van der Waals surface area contributed by atoms with E-state index in [4.69, 9.17) is 5.11 Å². The summed E-state index contributed by atoms with van der Waals surface area (Å²) in [6.07, 6.45) is 2.28. The summed E-state index contributed by atoms with van der Waals surface area (Å²) in [4.78, 5) is 24.7. The molecule has 1 atom stereocenters. The molecule has 1 rings (SSSR count). The second-order valence-electron chi connectivity index (χ2n) is 5.45. The number of rotatable bonds is 3. The Morgan fingerprint density at radius 3 is 2.56 bits per heavy atom. The molecule has 16 heavy (non-hydrogen) atoms. The van der Waals surface area contributed by atoms with Crippen molar-refractivity contribution in [2.45, 2.75) is 40.0 Å². The number of hydrogen-bond acceptors (Lipinski definition) is 2. The van der Waals surface area contributed by atoms with Gasteiger partial charge < -0.3 is 10.0 Å². The first kappa shape index (κ1) is 13.0. The summed E-state index contributed by atoms with van der Waals surface area (Å²) in [5.41, 5.74) is -0.961. The molecule has 0 aromatic heterocycles. The van der Waals surface area contributed by atoms with Gasteiger partial charge in [-0.3, -0.25) is 9.59 Å². The molecule has 0 aromatic carbocycles. The highest BCUT2D eigenvalue weighted by Crippen LogP contribution is 2.24. The number of carboxylic acid groups (broad SMARTS) is 1. The Hall–Kier alpha value is -1.06. The third kappa shape index (κ3) is 3.22. The lowest BCUT2D eigenvalue weighted by atomic mass is 9.88. The van der Waals surface area contributed by atoms with E-state index >= 15 is 0 Å². The molecule has 0 radical (unpaired) electrons. The summed E-state index contributed by atoms with van der Waals surface area (Å²) < 4.78 is 0. The van der Waals surface area contributed by atoms with E-state index in [0.717, 1.165) is 25.9 Å². The van der Waals surface area contributed by atoms with Crippen LogP contribution in [0.2, 0.25) is 0 Å². The standard InChI is InChI=1S/C12H21NO3/c1-9-5-4-6-13(8-9)10(14)7-12(2,3)11(15)16/h9H,4-8H2,1-3H3,(H,15,16). The molecule has 0 spiro atoms. The van der Waals surface area contributed by atoms with Crippen LogP contribution in [0.15, 0.2) is 0 Å². The largest absolute Gasteiger partial charge is 0.481 e. The normalized spacial score (nSPS) is 21.9. The van der Waals surface area contributed by atoms with E-state index in [1.807, 2.05) is 0 Å². The Balaban J connectivity index is 2.55. The molecule has 1 N–H and O–H groups in total. The van der Waals surface area contributed by atoms with E-state index in [1.54, 1.807) is 18.7 Å². The molecular weight excluding hydrogens is 206 g/mol. The number of carbonyl (C=O) groups excluding carboxylic acids is 1. The second kappa shape index (κ2) is 4.85. The van der Waals surface area contributed by atoms with Crippen molar-refractivity contribution in [3.8, 4) is 0 Å². The molecule has 4 nitrogen and oxygen atoms in total. The van der Waals surface area contributed by atoms with Gasteiger partial charge in [0, 0.05) is 19.5 Å². The van der Waals surface area contributed by atoms with Crippen LogP contribution in [0.25, 0.3) is 0 Å². The topological polar surface area (TPSA) is 57.6 Å². The van der Waals surface area contributed by atoms with Crippen molar-refractivity contribution >= 4 is 11.9 Å². The first-order valence-corrected chi connectivity index (χ1v) is 5.84. The summed E-state index contributed by atoms with van der Waals surface area (Å²) in [6.45, 7) is 6.87. The number of hydrogen-bond donors (Lipinski definition) is 1. The molecule has 0 aliphatic carbocycles. The minimum Gasteiger partial charge on any atom is -0.481 e. The summed E-state index contributed by atoms with van der Waals surface area (Å²) >= 11 is 0. The maximum absolute atomic E-state index is 11.9. The lowest BCUT2D eigenvalue weighted by Gasteiger charge is -2.32. The first-order chi connectivity index (χ1) is 7.33. The van der Waals surface area contributed by atoms with Crippen LogP contribution in [0.5, 0.6) is 0 Å². The quantitative estimate of drug-likeness (QED) is 0.799. The van der Waals surface area contributed by atoms with E-state index in [9.17, 15) is 9.59 Å². The average Bonchev–Trinajstić information content (AvgIpc) is 2.16. The Kier molecular flexibility index (Phi) is 3.94. The van der Waals surface area contributed by atoms with Crippen LogP contribution in [0.1, 0.15) is 40.0 Å². The number of aliphatic carboxylic acids is 1. The fourth-order valence-corrected chi connectivity index (χ4v) is 1.98. The number of carbonyl (C=O) groups is 2. The van der Waals surface area contributed by atoms with E-state index in [1.165, 1.54) is 0 Å². The van der Waals surface area contributed by atoms with Crippen molar-refractivity contribution in [2.24, 2.45) is 11.3 Å². The third-order valence-electron chi connectivity index (χ3n) is 3.18. The molecule has 1 aliphatic rings. The van der Waals surface area contributed by atoms with Crippen molar-refractivity contribution in [1.82, 2.24) is 4.90 Å². The van der Waals surface area contributed by atoms with Crippen molar-refractivity contribution < 1.29 is 14.7 Å². The van der Waals surface area contributed by atoms with E-state index < -0.39 is 11.4 Å².